The number of nitrogens with zero attached hydrogens (tertiary/aromatic N) is 1. The third kappa shape index (κ3) is 6.09. The number of hydrogen-bond acceptors (Lipinski definition) is 3. The molecule has 0 unspecified atom stereocenters. The van der Waals surface area contributed by atoms with Gasteiger partial charge in [-0.25, -0.2) is 0 Å². The van der Waals surface area contributed by atoms with E-state index in [4.69, 9.17) is 0 Å². The molecule has 7 heteroatoms. The van der Waals surface area contributed by atoms with Gasteiger partial charge in [0.2, 0.25) is 0 Å². The van der Waals surface area contributed by atoms with Gasteiger partial charge >= 0.3 is 12.1 Å². The van der Waals surface area contributed by atoms with Crippen molar-refractivity contribution in [1.29, 1.82) is 0 Å². The lowest BCUT2D eigenvalue weighted by molar-refractivity contribution is -0.137. The van der Waals surface area contributed by atoms with Crippen molar-refractivity contribution in [1.82, 2.24) is 4.98 Å². The van der Waals surface area contributed by atoms with Crippen molar-refractivity contribution in [2.24, 2.45) is 0 Å². The fourth-order valence-corrected chi connectivity index (χ4v) is 5.24. The zero-order valence-electron chi connectivity index (χ0n) is 22.7. The molecule has 0 amide bonds. The summed E-state index contributed by atoms with van der Waals surface area (Å²) >= 11 is 0. The second-order valence-corrected chi connectivity index (χ2v) is 10.2. The zero-order chi connectivity index (χ0) is 29.1. The van der Waals surface area contributed by atoms with E-state index in [0.29, 0.717) is 29.5 Å². The molecule has 0 saturated carbocycles. The SMILES string of the molecule is Cc1ccc(CC(=O)O)c(NCc2cccc(-c3c(Cc4ccccc4)cnc4c(C(F)(F)F)cccc34)c2)c1C. The Hall–Kier alpha value is -4.65. The Morgan fingerprint density at radius 3 is 2.34 bits per heavy atom. The van der Waals surface area contributed by atoms with Gasteiger partial charge in [-0.05, 0) is 76.9 Å². The number of halogens is 3. The number of aliphatic carboxylic acids is 1. The molecule has 0 saturated heterocycles. The Morgan fingerprint density at radius 1 is 0.878 bits per heavy atom. The molecule has 0 aliphatic heterocycles. The molecule has 1 aromatic heterocycles. The molecule has 0 bridgehead atoms. The van der Waals surface area contributed by atoms with Crippen molar-refractivity contribution in [2.45, 2.75) is 39.4 Å². The lowest BCUT2D eigenvalue weighted by Gasteiger charge is -2.18. The van der Waals surface area contributed by atoms with Gasteiger partial charge in [-0.15, -0.1) is 0 Å². The van der Waals surface area contributed by atoms with E-state index in [1.54, 1.807) is 12.3 Å². The summed E-state index contributed by atoms with van der Waals surface area (Å²) in [4.78, 5) is 15.7. The van der Waals surface area contributed by atoms with Crippen molar-refractivity contribution in [3.63, 3.8) is 0 Å². The molecule has 5 rings (SSSR count). The zero-order valence-corrected chi connectivity index (χ0v) is 22.7. The van der Waals surface area contributed by atoms with Crippen molar-refractivity contribution in [2.75, 3.05) is 5.32 Å². The van der Waals surface area contributed by atoms with Gasteiger partial charge in [-0.2, -0.15) is 13.2 Å². The Morgan fingerprint density at radius 2 is 1.61 bits per heavy atom. The summed E-state index contributed by atoms with van der Waals surface area (Å²) in [6.45, 7) is 4.34. The van der Waals surface area contributed by atoms with Gasteiger partial charge in [0.15, 0.2) is 0 Å². The number of para-hydroxylation sites is 1. The van der Waals surface area contributed by atoms with Crippen LogP contribution in [-0.2, 0) is 30.4 Å². The Bertz CT molecular complexity index is 1730. The fourth-order valence-electron chi connectivity index (χ4n) is 5.24. The van der Waals surface area contributed by atoms with Crippen LogP contribution in [0.3, 0.4) is 0 Å². The molecule has 1 heterocycles. The Kier molecular flexibility index (Phi) is 7.79. The van der Waals surface area contributed by atoms with Gasteiger partial charge < -0.3 is 10.4 Å². The van der Waals surface area contributed by atoms with Crippen LogP contribution in [-0.4, -0.2) is 16.1 Å². The second kappa shape index (κ2) is 11.5. The van der Waals surface area contributed by atoms with E-state index >= 15 is 0 Å². The first-order valence-electron chi connectivity index (χ1n) is 13.3. The van der Waals surface area contributed by atoms with Crippen LogP contribution in [0.1, 0.15) is 38.9 Å². The van der Waals surface area contributed by atoms with Crippen molar-refractivity contribution in [3.05, 3.63) is 130 Å². The smallest absolute Gasteiger partial charge is 0.418 e. The molecule has 0 fully saturated rings. The average Bonchev–Trinajstić information content (AvgIpc) is 2.94. The van der Waals surface area contributed by atoms with Gasteiger partial charge in [0, 0.05) is 23.8 Å². The maximum absolute atomic E-state index is 13.9. The number of fused-ring (bicyclic) bond motifs is 1. The molecule has 0 aliphatic carbocycles. The number of aryl methyl sites for hydroxylation is 1. The minimum atomic E-state index is -4.53. The monoisotopic (exact) mass is 554 g/mol. The van der Waals surface area contributed by atoms with Crippen molar-refractivity contribution < 1.29 is 23.1 Å². The summed E-state index contributed by atoms with van der Waals surface area (Å²) in [7, 11) is 0. The quantitative estimate of drug-likeness (QED) is 0.202. The minimum Gasteiger partial charge on any atom is -0.481 e. The number of alkyl halides is 3. The maximum atomic E-state index is 13.9. The van der Waals surface area contributed by atoms with Crippen LogP contribution >= 0.6 is 0 Å². The number of benzene rings is 4. The van der Waals surface area contributed by atoms with Gasteiger partial charge in [-0.3, -0.25) is 9.78 Å². The van der Waals surface area contributed by atoms with Crippen LogP contribution in [0.2, 0.25) is 0 Å². The first kappa shape index (κ1) is 27.9. The number of carboxylic acids is 1. The summed E-state index contributed by atoms with van der Waals surface area (Å²) < 4.78 is 41.7. The molecule has 0 spiro atoms. The summed E-state index contributed by atoms with van der Waals surface area (Å²) in [5, 5.41) is 13.2. The van der Waals surface area contributed by atoms with E-state index in [9.17, 15) is 23.1 Å². The lowest BCUT2D eigenvalue weighted by Crippen LogP contribution is -2.09. The van der Waals surface area contributed by atoms with Gasteiger partial charge in [0.25, 0.3) is 0 Å². The van der Waals surface area contributed by atoms with E-state index in [2.05, 4.69) is 10.3 Å². The molecule has 41 heavy (non-hydrogen) atoms. The Balaban J connectivity index is 1.58. The predicted octanol–water partition coefficient (Wildman–Crippen LogP) is 8.37. The summed E-state index contributed by atoms with van der Waals surface area (Å²) in [6.07, 6.45) is -2.56. The largest absolute Gasteiger partial charge is 0.481 e. The standard InChI is InChI=1S/C34H29F3N2O2/c1-21-14-15-26(18-30(40)41)32(22(21)2)38-19-24-10-6-11-25(17-24)31-27(16-23-8-4-3-5-9-23)20-39-33-28(31)12-7-13-29(33)34(35,36)37/h3-15,17,20,38H,16,18-19H2,1-2H3,(H,40,41). The first-order chi connectivity index (χ1) is 19.6. The highest BCUT2D eigenvalue weighted by molar-refractivity contribution is 5.98. The molecule has 0 radical (unpaired) electrons. The summed E-state index contributed by atoms with van der Waals surface area (Å²) in [5.41, 5.74) is 6.92. The normalized spacial score (nSPS) is 11.5. The van der Waals surface area contributed by atoms with E-state index < -0.39 is 17.7 Å². The fraction of sp³-hybridized carbons (Fsp3) is 0.176. The van der Waals surface area contributed by atoms with E-state index in [1.165, 1.54) is 6.07 Å². The van der Waals surface area contributed by atoms with E-state index in [0.717, 1.165) is 45.1 Å². The highest BCUT2D eigenvalue weighted by Crippen LogP contribution is 2.39. The first-order valence-corrected chi connectivity index (χ1v) is 13.3. The number of carboxylic acid groups (broad SMARTS) is 1. The molecule has 0 atom stereocenters. The Labute approximate surface area is 236 Å². The molecule has 208 valence electrons. The molecule has 2 N–H and O–H groups in total. The van der Waals surface area contributed by atoms with Gasteiger partial charge in [0.05, 0.1) is 17.5 Å². The van der Waals surface area contributed by atoms with Gasteiger partial charge in [0.1, 0.15) is 0 Å². The van der Waals surface area contributed by atoms with Gasteiger partial charge in [-0.1, -0.05) is 72.8 Å². The predicted molar refractivity (Wildman–Crippen MR) is 156 cm³/mol. The van der Waals surface area contributed by atoms with Crippen LogP contribution < -0.4 is 5.32 Å². The molecule has 4 nitrogen and oxygen atoms in total. The lowest BCUT2D eigenvalue weighted by atomic mass is 9.91. The number of carbonyl (C=O) groups is 1. The number of pyridine rings is 1. The van der Waals surface area contributed by atoms with Crippen LogP contribution in [0.5, 0.6) is 0 Å². The summed E-state index contributed by atoms with van der Waals surface area (Å²) in [6, 6.07) is 25.4. The number of nitrogens with one attached hydrogen (secondary N) is 1. The number of hydrogen-bond donors (Lipinski definition) is 2. The van der Waals surface area contributed by atoms with Crippen molar-refractivity contribution in [3.8, 4) is 11.1 Å². The van der Waals surface area contributed by atoms with Crippen LogP contribution in [0.4, 0.5) is 18.9 Å². The average molecular weight is 555 g/mol. The number of anilines is 1. The molecule has 0 aliphatic rings. The van der Waals surface area contributed by atoms with E-state index in [-0.39, 0.29) is 11.9 Å². The van der Waals surface area contributed by atoms with Crippen molar-refractivity contribution >= 4 is 22.6 Å². The highest BCUT2D eigenvalue weighted by atomic mass is 19.4. The maximum Gasteiger partial charge on any atom is 0.418 e. The third-order valence-electron chi connectivity index (χ3n) is 7.37. The molecular weight excluding hydrogens is 525 g/mol. The summed E-state index contributed by atoms with van der Waals surface area (Å²) in [5.74, 6) is -0.910. The molecular formula is C34H29F3N2O2. The number of rotatable bonds is 8. The van der Waals surface area contributed by atoms with Crippen LogP contribution in [0, 0.1) is 13.8 Å². The molecule has 5 aromatic rings. The van der Waals surface area contributed by atoms with Crippen LogP contribution in [0.15, 0.2) is 91.1 Å². The highest BCUT2D eigenvalue weighted by Gasteiger charge is 2.33. The molecule has 4 aromatic carbocycles. The topological polar surface area (TPSA) is 62.2 Å². The third-order valence-corrected chi connectivity index (χ3v) is 7.37. The van der Waals surface area contributed by atoms with Crippen LogP contribution in [0.25, 0.3) is 22.0 Å². The number of aromatic nitrogens is 1. The second-order valence-electron chi connectivity index (χ2n) is 10.2. The minimum absolute atomic E-state index is 0.0796. The van der Waals surface area contributed by atoms with E-state index in [1.807, 2.05) is 80.6 Å².